The number of benzene rings is 2. The maximum atomic E-state index is 12.9. The van der Waals surface area contributed by atoms with Crippen molar-refractivity contribution < 1.29 is 19.3 Å². The first-order valence-electron chi connectivity index (χ1n) is 10.1. The van der Waals surface area contributed by atoms with Gasteiger partial charge in [0.2, 0.25) is 11.6 Å². The number of carbonyl (C=O) groups is 2. The van der Waals surface area contributed by atoms with E-state index in [0.29, 0.717) is 17.0 Å². The number of anilines is 2. The summed E-state index contributed by atoms with van der Waals surface area (Å²) in [6.45, 7) is 1.64. The van der Waals surface area contributed by atoms with E-state index in [4.69, 9.17) is 11.5 Å². The first-order chi connectivity index (χ1) is 16.8. The third kappa shape index (κ3) is 4.90. The standard InChI is InChI=1S/C21H20N10O4/c1-11(12-5-4-6-13(32)9-12)25-27-21(34)17-16(31(30-26-17)20-18(22)28-35-29-20)10-24-15-8-3-2-7-14(15)19(23)33/h2-9,24,32H,10H2,1H3,(H2,22,28)(H2,23,33)(H,27,34). The molecular formula is C21H20N10O4. The summed E-state index contributed by atoms with van der Waals surface area (Å²) >= 11 is 0. The number of primary amides is 1. The largest absolute Gasteiger partial charge is 0.508 e. The van der Waals surface area contributed by atoms with Gasteiger partial charge in [-0.05, 0) is 41.5 Å². The van der Waals surface area contributed by atoms with Gasteiger partial charge in [-0.15, -0.1) is 5.10 Å². The van der Waals surface area contributed by atoms with Crippen LogP contribution in [0.15, 0.2) is 58.3 Å². The molecule has 0 aliphatic carbocycles. The average Bonchev–Trinajstić information content (AvgIpc) is 3.46. The molecule has 0 aliphatic rings. The lowest BCUT2D eigenvalue weighted by Crippen LogP contribution is -2.23. The Morgan fingerprint density at radius 3 is 2.69 bits per heavy atom. The number of amides is 2. The summed E-state index contributed by atoms with van der Waals surface area (Å²) in [6.07, 6.45) is 0. The minimum atomic E-state index is -0.675. The highest BCUT2D eigenvalue weighted by molar-refractivity contribution is 6.01. The van der Waals surface area contributed by atoms with E-state index in [1.165, 1.54) is 16.8 Å². The maximum absolute atomic E-state index is 12.9. The van der Waals surface area contributed by atoms with Crippen LogP contribution in [0.2, 0.25) is 0 Å². The molecule has 0 radical (unpaired) electrons. The molecule has 4 rings (SSSR count). The number of hydrogen-bond donors (Lipinski definition) is 5. The summed E-state index contributed by atoms with van der Waals surface area (Å²) in [4.78, 5) is 24.7. The zero-order chi connectivity index (χ0) is 24.9. The first-order valence-corrected chi connectivity index (χ1v) is 10.1. The molecule has 178 valence electrons. The molecule has 0 unspecified atom stereocenters. The Hall–Kier alpha value is -5.27. The van der Waals surface area contributed by atoms with Crippen LogP contribution in [0.3, 0.4) is 0 Å². The highest BCUT2D eigenvalue weighted by Crippen LogP contribution is 2.20. The molecule has 2 aromatic carbocycles. The van der Waals surface area contributed by atoms with Gasteiger partial charge in [-0.25, -0.2) is 10.1 Å². The number of para-hydroxylation sites is 1. The van der Waals surface area contributed by atoms with Gasteiger partial charge >= 0.3 is 0 Å². The molecule has 0 aliphatic heterocycles. The highest BCUT2D eigenvalue weighted by Gasteiger charge is 2.24. The number of aromatic hydroxyl groups is 1. The fourth-order valence-corrected chi connectivity index (χ4v) is 3.16. The SMILES string of the molecule is CC(=NNC(=O)c1nnn(-c2nonc2N)c1CNc1ccccc1C(N)=O)c1cccc(O)c1. The van der Waals surface area contributed by atoms with E-state index < -0.39 is 11.8 Å². The molecule has 14 nitrogen and oxygen atoms in total. The second kappa shape index (κ2) is 9.70. The van der Waals surface area contributed by atoms with Gasteiger partial charge in [-0.2, -0.15) is 9.78 Å². The number of carbonyl (C=O) groups excluding carboxylic acids is 2. The Balaban J connectivity index is 1.64. The monoisotopic (exact) mass is 476 g/mol. The van der Waals surface area contributed by atoms with E-state index >= 15 is 0 Å². The molecule has 14 heteroatoms. The van der Waals surface area contributed by atoms with Crippen LogP contribution < -0.4 is 22.2 Å². The number of nitrogens with one attached hydrogen (secondary N) is 2. The molecule has 0 fully saturated rings. The number of nitrogens with two attached hydrogens (primary N) is 2. The van der Waals surface area contributed by atoms with Crippen LogP contribution in [-0.2, 0) is 6.54 Å². The molecule has 7 N–H and O–H groups in total. The van der Waals surface area contributed by atoms with Crippen molar-refractivity contribution in [2.75, 3.05) is 11.1 Å². The van der Waals surface area contributed by atoms with Crippen LogP contribution in [0.1, 0.15) is 39.0 Å². The summed E-state index contributed by atoms with van der Waals surface area (Å²) in [7, 11) is 0. The normalized spacial score (nSPS) is 11.3. The Morgan fingerprint density at radius 1 is 1.17 bits per heavy atom. The van der Waals surface area contributed by atoms with Crippen LogP contribution in [0.25, 0.3) is 5.82 Å². The fraction of sp³-hybridized carbons (Fsp3) is 0.0952. The minimum absolute atomic E-state index is 0.0241. The number of phenolic OH excluding ortho intramolecular Hbond substituents is 1. The summed E-state index contributed by atoms with van der Waals surface area (Å²) in [5, 5.41) is 31.9. The van der Waals surface area contributed by atoms with Crippen LogP contribution >= 0.6 is 0 Å². The van der Waals surface area contributed by atoms with Gasteiger partial charge in [0.15, 0.2) is 5.69 Å². The number of phenols is 1. The zero-order valence-electron chi connectivity index (χ0n) is 18.3. The molecule has 2 heterocycles. The van der Waals surface area contributed by atoms with Gasteiger partial charge in [0.1, 0.15) is 5.75 Å². The molecule has 0 spiro atoms. The van der Waals surface area contributed by atoms with Crippen molar-refractivity contribution in [3.05, 3.63) is 71.0 Å². The first kappa shape index (κ1) is 22.9. The van der Waals surface area contributed by atoms with Crippen LogP contribution in [0, 0.1) is 0 Å². The van der Waals surface area contributed by atoms with E-state index in [1.807, 2.05) is 0 Å². The Kier molecular flexibility index (Phi) is 6.35. The Morgan fingerprint density at radius 2 is 1.97 bits per heavy atom. The van der Waals surface area contributed by atoms with Gasteiger partial charge in [-0.1, -0.05) is 29.5 Å². The number of rotatable bonds is 8. The second-order valence-electron chi connectivity index (χ2n) is 7.22. The smallest absolute Gasteiger partial charge is 0.293 e. The summed E-state index contributed by atoms with van der Waals surface area (Å²) in [5.74, 6) is -1.28. The minimum Gasteiger partial charge on any atom is -0.508 e. The van der Waals surface area contributed by atoms with Crippen LogP contribution in [-0.4, -0.2) is 47.9 Å². The predicted octanol–water partition coefficient (Wildman–Crippen LogP) is 0.803. The second-order valence-corrected chi connectivity index (χ2v) is 7.22. The quantitative estimate of drug-likeness (QED) is 0.178. The van der Waals surface area contributed by atoms with Crippen molar-refractivity contribution in [2.45, 2.75) is 13.5 Å². The van der Waals surface area contributed by atoms with Gasteiger partial charge in [0, 0.05) is 11.3 Å². The number of nitrogens with zero attached hydrogens (tertiary/aromatic N) is 6. The summed E-state index contributed by atoms with van der Waals surface area (Å²) in [6, 6.07) is 13.0. The van der Waals surface area contributed by atoms with Gasteiger partial charge in [0.25, 0.3) is 11.8 Å². The van der Waals surface area contributed by atoms with Crippen LogP contribution in [0.4, 0.5) is 11.5 Å². The third-order valence-electron chi connectivity index (χ3n) is 4.90. The number of aromatic nitrogens is 5. The van der Waals surface area contributed by atoms with Crippen LogP contribution in [0.5, 0.6) is 5.75 Å². The number of nitrogen functional groups attached to an aromatic ring is 1. The Bertz CT molecular complexity index is 1420. The lowest BCUT2D eigenvalue weighted by molar-refractivity contribution is 0.0947. The molecule has 4 aromatic rings. The fourth-order valence-electron chi connectivity index (χ4n) is 3.16. The molecule has 0 saturated carbocycles. The average molecular weight is 476 g/mol. The van der Waals surface area contributed by atoms with Gasteiger partial charge in [0.05, 0.1) is 23.5 Å². The highest BCUT2D eigenvalue weighted by atomic mass is 16.6. The van der Waals surface area contributed by atoms with Crippen molar-refractivity contribution >= 4 is 29.0 Å². The van der Waals surface area contributed by atoms with E-state index in [-0.39, 0.29) is 40.9 Å². The van der Waals surface area contributed by atoms with Crippen molar-refractivity contribution in [3.8, 4) is 11.6 Å². The van der Waals surface area contributed by atoms with E-state index in [2.05, 4.69) is 41.1 Å². The molecule has 2 amide bonds. The molecule has 2 aromatic heterocycles. The number of hydrazone groups is 1. The number of hydrogen-bond acceptors (Lipinski definition) is 11. The van der Waals surface area contributed by atoms with Crippen molar-refractivity contribution in [1.82, 2.24) is 30.7 Å². The zero-order valence-corrected chi connectivity index (χ0v) is 18.3. The van der Waals surface area contributed by atoms with Gasteiger partial charge < -0.3 is 21.9 Å². The van der Waals surface area contributed by atoms with Crippen molar-refractivity contribution in [1.29, 1.82) is 0 Å². The maximum Gasteiger partial charge on any atom is 0.293 e. The van der Waals surface area contributed by atoms with Crippen molar-refractivity contribution in [3.63, 3.8) is 0 Å². The molecular weight excluding hydrogens is 456 g/mol. The Labute approximate surface area is 197 Å². The predicted molar refractivity (Wildman–Crippen MR) is 124 cm³/mol. The lowest BCUT2D eigenvalue weighted by atomic mass is 10.1. The summed E-state index contributed by atoms with van der Waals surface area (Å²) in [5.41, 5.74) is 15.5. The van der Waals surface area contributed by atoms with Crippen molar-refractivity contribution in [2.24, 2.45) is 10.8 Å². The van der Waals surface area contributed by atoms with Gasteiger partial charge in [-0.3, -0.25) is 9.59 Å². The van der Waals surface area contributed by atoms with E-state index in [9.17, 15) is 14.7 Å². The molecule has 0 saturated heterocycles. The third-order valence-corrected chi connectivity index (χ3v) is 4.90. The summed E-state index contributed by atoms with van der Waals surface area (Å²) < 4.78 is 5.82. The van der Waals surface area contributed by atoms with E-state index in [1.54, 1.807) is 43.3 Å². The topological polar surface area (TPSA) is 212 Å². The molecule has 0 atom stereocenters. The molecule has 0 bridgehead atoms. The van der Waals surface area contributed by atoms with E-state index in [0.717, 1.165) is 0 Å². The lowest BCUT2D eigenvalue weighted by Gasteiger charge is -2.11. The molecule has 35 heavy (non-hydrogen) atoms.